The van der Waals surface area contributed by atoms with Gasteiger partial charge in [0, 0.05) is 29.4 Å². The highest BCUT2D eigenvalue weighted by Crippen LogP contribution is 2.41. The number of anilines is 1. The van der Waals surface area contributed by atoms with Crippen LogP contribution in [0.25, 0.3) is 28.0 Å². The predicted molar refractivity (Wildman–Crippen MR) is 161 cm³/mol. The molecule has 5 aromatic rings. The predicted octanol–water partition coefficient (Wildman–Crippen LogP) is 8.38. The fourth-order valence-corrected chi connectivity index (χ4v) is 5.92. The fourth-order valence-electron chi connectivity index (χ4n) is 5.62. The molecule has 0 radical (unpaired) electrons. The van der Waals surface area contributed by atoms with Crippen molar-refractivity contribution in [3.63, 3.8) is 0 Å². The van der Waals surface area contributed by atoms with Crippen molar-refractivity contribution in [2.75, 3.05) is 19.0 Å². The molecule has 0 saturated heterocycles. The standard InChI is InChI=1S/C32H29Cl2N3O3/c1-3-40-22-14-11-20(12-15-22)29-23-8-6-7-17-36-27(21-13-16-24(33)25(34)18-21)19-37(32(23)36)30(29)31(38)35-26-9-4-5-10-28(26)39-2/h4-5,9-16,18-19H,3,6-8,17H2,1-2H3,(H,35,38). The number of ether oxygens (including phenoxy) is 2. The summed E-state index contributed by atoms with van der Waals surface area (Å²) in [5.41, 5.74) is 7.19. The molecular formula is C32H29Cl2N3O3. The molecule has 6 nitrogen and oxygen atoms in total. The van der Waals surface area contributed by atoms with Crippen molar-refractivity contribution in [2.24, 2.45) is 0 Å². The molecule has 2 aromatic heterocycles. The van der Waals surface area contributed by atoms with Crippen LogP contribution >= 0.6 is 23.2 Å². The van der Waals surface area contributed by atoms with Crippen molar-refractivity contribution in [3.8, 4) is 33.9 Å². The molecule has 0 bridgehead atoms. The highest BCUT2D eigenvalue weighted by atomic mass is 35.5. The SMILES string of the molecule is CCOc1ccc(-c2c3c4n(c(-c5ccc(Cl)c(Cl)c5)cn4c2C(=O)Nc2ccccc2OC)CCCC3)cc1. The molecule has 1 amide bonds. The van der Waals surface area contributed by atoms with Gasteiger partial charge in [-0.25, -0.2) is 0 Å². The van der Waals surface area contributed by atoms with Crippen molar-refractivity contribution < 1.29 is 14.3 Å². The summed E-state index contributed by atoms with van der Waals surface area (Å²) in [6, 6.07) is 21.1. The van der Waals surface area contributed by atoms with Gasteiger partial charge in [-0.1, -0.05) is 53.5 Å². The molecule has 0 aliphatic carbocycles. The molecule has 0 fully saturated rings. The number of methoxy groups -OCH3 is 1. The summed E-state index contributed by atoms with van der Waals surface area (Å²) in [4.78, 5) is 14.2. The van der Waals surface area contributed by atoms with Crippen LogP contribution in [0.3, 0.4) is 0 Å². The average Bonchev–Trinajstić information content (AvgIpc) is 3.38. The summed E-state index contributed by atoms with van der Waals surface area (Å²) in [6.07, 6.45) is 4.94. The topological polar surface area (TPSA) is 56.9 Å². The van der Waals surface area contributed by atoms with Crippen molar-refractivity contribution in [2.45, 2.75) is 32.7 Å². The zero-order valence-electron chi connectivity index (χ0n) is 22.3. The van der Waals surface area contributed by atoms with E-state index in [9.17, 15) is 4.79 Å². The number of benzene rings is 3. The van der Waals surface area contributed by atoms with Gasteiger partial charge in [-0.15, -0.1) is 0 Å². The van der Waals surface area contributed by atoms with Crippen LogP contribution in [0.4, 0.5) is 5.69 Å². The number of amides is 1. The third-order valence-corrected chi connectivity index (χ3v) is 8.11. The van der Waals surface area contributed by atoms with Gasteiger partial charge in [0.15, 0.2) is 0 Å². The zero-order chi connectivity index (χ0) is 27.8. The van der Waals surface area contributed by atoms with Gasteiger partial charge in [-0.2, -0.15) is 0 Å². The lowest BCUT2D eigenvalue weighted by molar-refractivity contribution is 0.102. The van der Waals surface area contributed by atoms with Gasteiger partial charge in [0.05, 0.1) is 35.1 Å². The van der Waals surface area contributed by atoms with E-state index < -0.39 is 0 Å². The van der Waals surface area contributed by atoms with E-state index in [0.29, 0.717) is 33.8 Å². The molecule has 0 unspecified atom stereocenters. The molecule has 0 saturated carbocycles. The third kappa shape index (κ3) is 4.61. The first-order valence-corrected chi connectivity index (χ1v) is 14.1. The van der Waals surface area contributed by atoms with E-state index in [1.807, 2.05) is 84.3 Å². The lowest BCUT2D eigenvalue weighted by Crippen LogP contribution is -2.16. The summed E-state index contributed by atoms with van der Waals surface area (Å²) in [6.45, 7) is 3.39. The molecule has 3 heterocycles. The van der Waals surface area contributed by atoms with Gasteiger partial charge in [0.1, 0.15) is 22.8 Å². The summed E-state index contributed by atoms with van der Waals surface area (Å²) < 4.78 is 15.5. The third-order valence-electron chi connectivity index (χ3n) is 7.37. The van der Waals surface area contributed by atoms with Crippen molar-refractivity contribution in [1.29, 1.82) is 0 Å². The summed E-state index contributed by atoms with van der Waals surface area (Å²) in [5, 5.41) is 4.12. The van der Waals surface area contributed by atoms with Gasteiger partial charge < -0.3 is 19.4 Å². The normalized spacial score (nSPS) is 12.8. The van der Waals surface area contributed by atoms with E-state index in [-0.39, 0.29) is 5.91 Å². The quantitative estimate of drug-likeness (QED) is 0.213. The second kappa shape index (κ2) is 11.0. The minimum Gasteiger partial charge on any atom is -0.495 e. The van der Waals surface area contributed by atoms with Gasteiger partial charge in [-0.05, 0) is 68.1 Å². The van der Waals surface area contributed by atoms with Crippen LogP contribution in [0, 0.1) is 0 Å². The molecule has 8 heteroatoms. The first-order chi connectivity index (χ1) is 19.5. The zero-order valence-corrected chi connectivity index (χ0v) is 23.9. The highest BCUT2D eigenvalue weighted by molar-refractivity contribution is 6.42. The Bertz CT molecular complexity index is 1720. The highest BCUT2D eigenvalue weighted by Gasteiger charge is 2.30. The minimum absolute atomic E-state index is 0.215. The van der Waals surface area contributed by atoms with Crippen molar-refractivity contribution in [1.82, 2.24) is 8.97 Å². The molecule has 1 aliphatic rings. The number of nitrogens with one attached hydrogen (secondary N) is 1. The first-order valence-electron chi connectivity index (χ1n) is 13.4. The first kappa shape index (κ1) is 26.4. The Morgan fingerprint density at radius 1 is 0.975 bits per heavy atom. The molecule has 0 spiro atoms. The smallest absolute Gasteiger partial charge is 0.273 e. The Morgan fingerprint density at radius 2 is 1.75 bits per heavy atom. The number of para-hydroxylation sites is 2. The summed E-state index contributed by atoms with van der Waals surface area (Å²) in [7, 11) is 1.60. The number of hydrogen-bond donors (Lipinski definition) is 1. The van der Waals surface area contributed by atoms with Crippen LogP contribution in [0.5, 0.6) is 11.5 Å². The number of rotatable bonds is 7. The van der Waals surface area contributed by atoms with Gasteiger partial charge in [-0.3, -0.25) is 9.20 Å². The number of imidazole rings is 1. The van der Waals surface area contributed by atoms with E-state index >= 15 is 0 Å². The number of carbonyl (C=O) groups excluding carboxylic acids is 1. The second-order valence-corrected chi connectivity index (χ2v) is 10.6. The maximum absolute atomic E-state index is 14.2. The minimum atomic E-state index is -0.215. The summed E-state index contributed by atoms with van der Waals surface area (Å²) >= 11 is 12.7. The Balaban J connectivity index is 1.59. The largest absolute Gasteiger partial charge is 0.495 e. The Morgan fingerprint density at radius 3 is 2.50 bits per heavy atom. The molecule has 1 aliphatic heterocycles. The van der Waals surface area contributed by atoms with Gasteiger partial charge in [0.2, 0.25) is 0 Å². The molecule has 40 heavy (non-hydrogen) atoms. The number of halogens is 2. The lowest BCUT2D eigenvalue weighted by atomic mass is 9.97. The summed E-state index contributed by atoms with van der Waals surface area (Å²) in [5.74, 6) is 1.18. The van der Waals surface area contributed by atoms with Gasteiger partial charge >= 0.3 is 0 Å². The second-order valence-electron chi connectivity index (χ2n) is 9.76. The van der Waals surface area contributed by atoms with E-state index in [0.717, 1.165) is 65.2 Å². The average molecular weight is 575 g/mol. The monoisotopic (exact) mass is 573 g/mol. The van der Waals surface area contributed by atoms with Crippen molar-refractivity contribution >= 4 is 40.4 Å². The van der Waals surface area contributed by atoms with Crippen LogP contribution in [-0.4, -0.2) is 28.6 Å². The van der Waals surface area contributed by atoms with Crippen LogP contribution in [-0.2, 0) is 13.0 Å². The maximum atomic E-state index is 14.2. The molecule has 0 atom stereocenters. The van der Waals surface area contributed by atoms with Crippen LogP contribution in [0.2, 0.25) is 10.0 Å². The van der Waals surface area contributed by atoms with Crippen LogP contribution in [0.15, 0.2) is 72.9 Å². The van der Waals surface area contributed by atoms with E-state index in [1.54, 1.807) is 7.11 Å². The fraction of sp³-hybridized carbons (Fsp3) is 0.219. The number of hydrogen-bond acceptors (Lipinski definition) is 3. The molecule has 1 N–H and O–H groups in total. The lowest BCUT2D eigenvalue weighted by Gasteiger charge is -2.12. The number of nitrogens with zero attached hydrogens (tertiary/aromatic N) is 2. The number of carbonyl (C=O) groups is 1. The molecule has 3 aromatic carbocycles. The Hall–Kier alpha value is -3.87. The Labute approximate surface area is 243 Å². The number of aryl methyl sites for hydroxylation is 2. The molecule has 204 valence electrons. The molecular weight excluding hydrogens is 545 g/mol. The Kier molecular flexibility index (Phi) is 7.22. The maximum Gasteiger partial charge on any atom is 0.273 e. The van der Waals surface area contributed by atoms with Crippen molar-refractivity contribution in [3.05, 3.63) is 94.2 Å². The van der Waals surface area contributed by atoms with E-state index in [4.69, 9.17) is 32.7 Å². The van der Waals surface area contributed by atoms with Crippen LogP contribution in [0.1, 0.15) is 35.8 Å². The number of aromatic nitrogens is 2. The van der Waals surface area contributed by atoms with Crippen LogP contribution < -0.4 is 14.8 Å². The van der Waals surface area contributed by atoms with E-state index in [1.165, 1.54) is 0 Å². The van der Waals surface area contributed by atoms with E-state index in [2.05, 4.69) is 9.88 Å². The molecule has 6 rings (SSSR count). The van der Waals surface area contributed by atoms with Gasteiger partial charge in [0.25, 0.3) is 5.91 Å².